The van der Waals surface area contributed by atoms with E-state index in [-0.39, 0.29) is 11.9 Å². The molecule has 15 heavy (non-hydrogen) atoms. The summed E-state index contributed by atoms with van der Waals surface area (Å²) in [5.41, 5.74) is 2.00. The van der Waals surface area contributed by atoms with Crippen molar-refractivity contribution < 1.29 is 4.79 Å². The minimum absolute atomic E-state index is 0.0191. The van der Waals surface area contributed by atoms with Crippen LogP contribution in [0.2, 0.25) is 0 Å². The molecule has 0 spiro atoms. The lowest BCUT2D eigenvalue weighted by molar-refractivity contribution is -0.119. The van der Waals surface area contributed by atoms with Crippen LogP contribution in [0.3, 0.4) is 0 Å². The van der Waals surface area contributed by atoms with Crippen molar-refractivity contribution in [3.8, 4) is 0 Å². The van der Waals surface area contributed by atoms with Gasteiger partial charge in [0.1, 0.15) is 0 Å². The molecule has 0 aliphatic carbocycles. The molecular weight excluding hydrogens is 187 g/mol. The number of amides is 1. The standard InChI is InChI=1S/C11H17BN2O/c1-8-5-4-6-10(7-8)13-11(15)9(2)14(3)12/h4-7,9H,12H2,1-3H3,(H,13,15). The molecule has 3 nitrogen and oxygen atoms in total. The van der Waals surface area contributed by atoms with Gasteiger partial charge in [-0.25, -0.2) is 0 Å². The second-order valence-electron chi connectivity index (χ2n) is 4.00. The molecule has 1 N–H and O–H groups in total. The first-order valence-electron chi connectivity index (χ1n) is 5.04. The van der Waals surface area contributed by atoms with Gasteiger partial charge in [-0.05, 0) is 38.6 Å². The first-order chi connectivity index (χ1) is 7.00. The van der Waals surface area contributed by atoms with Gasteiger partial charge in [-0.1, -0.05) is 12.1 Å². The van der Waals surface area contributed by atoms with Crippen molar-refractivity contribution in [2.75, 3.05) is 12.4 Å². The molecule has 0 aliphatic rings. The zero-order valence-corrected chi connectivity index (χ0v) is 9.74. The fraction of sp³-hybridized carbons (Fsp3) is 0.364. The summed E-state index contributed by atoms with van der Waals surface area (Å²) in [4.78, 5) is 13.6. The van der Waals surface area contributed by atoms with Crippen LogP contribution >= 0.6 is 0 Å². The predicted molar refractivity (Wildman–Crippen MR) is 65.6 cm³/mol. The highest BCUT2D eigenvalue weighted by atomic mass is 16.2. The maximum Gasteiger partial charge on any atom is 0.240 e. The lowest BCUT2D eigenvalue weighted by Gasteiger charge is -2.19. The Morgan fingerprint density at radius 3 is 2.73 bits per heavy atom. The number of carbonyl (C=O) groups is 1. The summed E-state index contributed by atoms with van der Waals surface area (Å²) in [6.45, 7) is 3.89. The minimum atomic E-state index is -0.120. The van der Waals surface area contributed by atoms with Crippen molar-refractivity contribution in [3.05, 3.63) is 29.8 Å². The van der Waals surface area contributed by atoms with E-state index >= 15 is 0 Å². The molecule has 0 bridgehead atoms. The molecule has 0 aliphatic heterocycles. The summed E-state index contributed by atoms with van der Waals surface area (Å²) in [5, 5.41) is 2.88. The summed E-state index contributed by atoms with van der Waals surface area (Å²) in [7, 11) is 3.78. The van der Waals surface area contributed by atoms with E-state index < -0.39 is 0 Å². The van der Waals surface area contributed by atoms with Crippen molar-refractivity contribution in [2.24, 2.45) is 0 Å². The van der Waals surface area contributed by atoms with E-state index in [1.807, 2.05) is 58.0 Å². The maximum absolute atomic E-state index is 11.7. The first-order valence-corrected chi connectivity index (χ1v) is 5.04. The van der Waals surface area contributed by atoms with E-state index in [1.165, 1.54) is 0 Å². The predicted octanol–water partition coefficient (Wildman–Crippen LogP) is 0.802. The number of carbonyl (C=O) groups excluding carboxylic acids is 1. The number of nitrogens with one attached hydrogen (secondary N) is 1. The van der Waals surface area contributed by atoms with Crippen LogP contribution in [0.5, 0.6) is 0 Å². The van der Waals surface area contributed by atoms with Crippen molar-refractivity contribution >= 4 is 19.6 Å². The number of hydrogen-bond acceptors (Lipinski definition) is 2. The zero-order valence-electron chi connectivity index (χ0n) is 9.74. The molecule has 1 atom stereocenters. The van der Waals surface area contributed by atoms with Crippen LogP contribution in [0.15, 0.2) is 24.3 Å². The van der Waals surface area contributed by atoms with Crippen LogP contribution in [-0.4, -0.2) is 31.8 Å². The minimum Gasteiger partial charge on any atom is -0.342 e. The van der Waals surface area contributed by atoms with Gasteiger partial charge >= 0.3 is 0 Å². The summed E-state index contributed by atoms with van der Waals surface area (Å²) < 4.78 is 0. The van der Waals surface area contributed by atoms with Crippen LogP contribution in [-0.2, 0) is 4.79 Å². The Hall–Kier alpha value is -1.29. The summed E-state index contributed by atoms with van der Waals surface area (Å²) in [5.74, 6) is 0.0191. The van der Waals surface area contributed by atoms with Gasteiger partial charge in [0.2, 0.25) is 5.91 Å². The van der Waals surface area contributed by atoms with Gasteiger partial charge < -0.3 is 10.1 Å². The molecular formula is C11H17BN2O. The highest BCUT2D eigenvalue weighted by Crippen LogP contribution is 2.10. The van der Waals surface area contributed by atoms with Crippen molar-refractivity contribution in [1.29, 1.82) is 0 Å². The van der Waals surface area contributed by atoms with Gasteiger partial charge in [0.05, 0.1) is 6.04 Å². The lowest BCUT2D eigenvalue weighted by Crippen LogP contribution is -2.37. The molecule has 1 unspecified atom stereocenters. The topological polar surface area (TPSA) is 32.3 Å². The molecule has 1 amide bonds. The Morgan fingerprint density at radius 1 is 1.53 bits per heavy atom. The van der Waals surface area contributed by atoms with E-state index in [4.69, 9.17) is 0 Å². The molecule has 1 aromatic carbocycles. The fourth-order valence-electron chi connectivity index (χ4n) is 1.20. The summed E-state index contributed by atoms with van der Waals surface area (Å²) >= 11 is 0. The number of hydrogen-bond donors (Lipinski definition) is 1. The van der Waals surface area contributed by atoms with E-state index in [9.17, 15) is 4.79 Å². The SMILES string of the molecule is BN(C)C(C)C(=O)Nc1cccc(C)c1. The third-order valence-electron chi connectivity index (χ3n) is 2.44. The van der Waals surface area contributed by atoms with Gasteiger partial charge in [-0.2, -0.15) is 0 Å². The van der Waals surface area contributed by atoms with Crippen LogP contribution in [0.4, 0.5) is 5.69 Å². The van der Waals surface area contributed by atoms with Crippen LogP contribution in [0.25, 0.3) is 0 Å². The van der Waals surface area contributed by atoms with Crippen LogP contribution < -0.4 is 5.32 Å². The van der Waals surface area contributed by atoms with Crippen molar-refractivity contribution in [2.45, 2.75) is 19.9 Å². The van der Waals surface area contributed by atoms with Gasteiger partial charge in [-0.3, -0.25) is 4.79 Å². The smallest absolute Gasteiger partial charge is 0.240 e. The van der Waals surface area contributed by atoms with Crippen molar-refractivity contribution in [3.63, 3.8) is 0 Å². The number of nitrogens with zero attached hydrogens (tertiary/aromatic N) is 1. The molecule has 0 saturated carbocycles. The van der Waals surface area contributed by atoms with Gasteiger partial charge in [-0.15, -0.1) is 0 Å². The number of rotatable bonds is 3. The molecule has 0 fully saturated rings. The van der Waals surface area contributed by atoms with Gasteiger partial charge in [0.15, 0.2) is 7.98 Å². The average Bonchev–Trinajstić information content (AvgIpc) is 2.16. The number of aryl methyl sites for hydroxylation is 1. The Bertz CT molecular complexity index is 352. The monoisotopic (exact) mass is 204 g/mol. The van der Waals surface area contributed by atoms with E-state index in [2.05, 4.69) is 5.32 Å². The van der Waals surface area contributed by atoms with Crippen LogP contribution in [0, 0.1) is 6.92 Å². The third-order valence-corrected chi connectivity index (χ3v) is 2.44. The molecule has 1 aromatic rings. The molecule has 0 saturated heterocycles. The molecule has 0 aromatic heterocycles. The van der Waals surface area contributed by atoms with E-state index in [0.29, 0.717) is 0 Å². The van der Waals surface area contributed by atoms with Gasteiger partial charge in [0.25, 0.3) is 0 Å². The molecule has 0 heterocycles. The second kappa shape index (κ2) is 4.98. The zero-order chi connectivity index (χ0) is 11.4. The molecule has 80 valence electrons. The summed E-state index contributed by atoms with van der Waals surface area (Å²) in [6.07, 6.45) is 0. The summed E-state index contributed by atoms with van der Waals surface area (Å²) in [6, 6.07) is 7.68. The number of likely N-dealkylation sites (N-methyl/N-ethyl adjacent to an activating group) is 1. The Kier molecular flexibility index (Phi) is 3.92. The highest BCUT2D eigenvalue weighted by molar-refractivity contribution is 6.07. The number of benzene rings is 1. The Balaban J connectivity index is 2.66. The molecule has 1 rings (SSSR count). The Morgan fingerprint density at radius 2 is 2.20 bits per heavy atom. The number of anilines is 1. The highest BCUT2D eigenvalue weighted by Gasteiger charge is 2.14. The average molecular weight is 204 g/mol. The van der Waals surface area contributed by atoms with Crippen LogP contribution in [0.1, 0.15) is 12.5 Å². The van der Waals surface area contributed by atoms with Gasteiger partial charge in [0, 0.05) is 5.69 Å². The quantitative estimate of drug-likeness (QED) is 0.738. The third kappa shape index (κ3) is 3.40. The fourth-order valence-corrected chi connectivity index (χ4v) is 1.20. The largest absolute Gasteiger partial charge is 0.342 e. The molecule has 0 radical (unpaired) electrons. The van der Waals surface area contributed by atoms with E-state index in [1.54, 1.807) is 0 Å². The molecule has 4 heteroatoms. The Labute approximate surface area is 91.9 Å². The van der Waals surface area contributed by atoms with Crippen molar-refractivity contribution in [1.82, 2.24) is 4.81 Å². The normalized spacial score (nSPS) is 12.5. The first kappa shape index (κ1) is 11.8. The lowest BCUT2D eigenvalue weighted by atomic mass is 10.2. The maximum atomic E-state index is 11.7. The van der Waals surface area contributed by atoms with E-state index in [0.717, 1.165) is 11.3 Å². The second-order valence-corrected chi connectivity index (χ2v) is 4.00.